The molecular formula is C11H13ClF3NO3S. The van der Waals surface area contributed by atoms with Crippen molar-refractivity contribution >= 4 is 21.6 Å². The number of sulfonamides is 1. The van der Waals surface area contributed by atoms with Crippen molar-refractivity contribution in [2.75, 3.05) is 13.6 Å². The molecule has 0 radical (unpaired) electrons. The molecule has 0 bridgehead atoms. The van der Waals surface area contributed by atoms with Gasteiger partial charge in [0, 0.05) is 18.6 Å². The van der Waals surface area contributed by atoms with E-state index in [0.29, 0.717) is 10.4 Å². The van der Waals surface area contributed by atoms with Gasteiger partial charge in [0.25, 0.3) is 0 Å². The number of nitrogens with zero attached hydrogens (tertiary/aromatic N) is 1. The molecule has 9 heteroatoms. The molecule has 0 aliphatic rings. The molecule has 1 atom stereocenters. The number of hydrogen-bond donors (Lipinski definition) is 1. The van der Waals surface area contributed by atoms with Crippen LogP contribution in [0.2, 0.25) is 5.02 Å². The Morgan fingerprint density at radius 3 is 2.40 bits per heavy atom. The van der Waals surface area contributed by atoms with Gasteiger partial charge in [-0.25, -0.2) is 8.42 Å². The summed E-state index contributed by atoms with van der Waals surface area (Å²) >= 11 is 5.49. The molecule has 1 N–H and O–H groups in total. The number of rotatable bonds is 4. The zero-order chi connectivity index (χ0) is 15.7. The molecular weight excluding hydrogens is 319 g/mol. The van der Waals surface area contributed by atoms with Crippen molar-refractivity contribution in [3.8, 4) is 0 Å². The standard InChI is InChI=1S/C11H13ClF3NO3S/c1-7(17)6-16(2)20(18,19)10-4-3-8(12)5-9(10)11(13,14)15/h3-5,7,17H,6H2,1-2H3. The average Bonchev–Trinajstić information content (AvgIpc) is 2.26. The maximum absolute atomic E-state index is 12.9. The second-order valence-electron chi connectivity index (χ2n) is 4.27. The summed E-state index contributed by atoms with van der Waals surface area (Å²) in [4.78, 5) is -0.891. The molecule has 20 heavy (non-hydrogen) atoms. The van der Waals surface area contributed by atoms with Crippen LogP contribution >= 0.6 is 11.6 Å². The molecule has 0 aliphatic carbocycles. The van der Waals surface area contributed by atoms with E-state index >= 15 is 0 Å². The number of aliphatic hydroxyl groups is 1. The first-order chi connectivity index (χ1) is 8.96. The van der Waals surface area contributed by atoms with Crippen LogP contribution in [-0.4, -0.2) is 37.5 Å². The fourth-order valence-corrected chi connectivity index (χ4v) is 3.20. The fourth-order valence-electron chi connectivity index (χ4n) is 1.59. The molecule has 0 heterocycles. The highest BCUT2D eigenvalue weighted by Gasteiger charge is 2.38. The van der Waals surface area contributed by atoms with E-state index in [0.717, 1.165) is 19.2 Å². The summed E-state index contributed by atoms with van der Waals surface area (Å²) in [5.41, 5.74) is -1.33. The van der Waals surface area contributed by atoms with Gasteiger partial charge in [-0.05, 0) is 25.1 Å². The Morgan fingerprint density at radius 2 is 1.95 bits per heavy atom. The highest BCUT2D eigenvalue weighted by atomic mass is 35.5. The molecule has 0 aromatic heterocycles. The van der Waals surface area contributed by atoms with Gasteiger partial charge in [-0.3, -0.25) is 0 Å². The minimum Gasteiger partial charge on any atom is -0.392 e. The van der Waals surface area contributed by atoms with Crippen LogP contribution < -0.4 is 0 Å². The molecule has 0 aliphatic heterocycles. The Bertz CT molecular complexity index is 587. The van der Waals surface area contributed by atoms with Crippen molar-refractivity contribution in [2.24, 2.45) is 0 Å². The molecule has 4 nitrogen and oxygen atoms in total. The van der Waals surface area contributed by atoms with Crippen molar-refractivity contribution in [3.63, 3.8) is 0 Å². The summed E-state index contributed by atoms with van der Waals surface area (Å²) in [7, 11) is -3.28. The van der Waals surface area contributed by atoms with E-state index in [-0.39, 0.29) is 11.6 Å². The lowest BCUT2D eigenvalue weighted by Crippen LogP contribution is -2.34. The summed E-state index contributed by atoms with van der Waals surface area (Å²) < 4.78 is 63.6. The van der Waals surface area contributed by atoms with Crippen molar-refractivity contribution < 1.29 is 26.7 Å². The van der Waals surface area contributed by atoms with Crippen LogP contribution in [0.1, 0.15) is 12.5 Å². The van der Waals surface area contributed by atoms with Gasteiger partial charge in [0.15, 0.2) is 0 Å². The Balaban J connectivity index is 3.39. The zero-order valence-corrected chi connectivity index (χ0v) is 12.2. The number of aliphatic hydroxyl groups excluding tert-OH is 1. The van der Waals surface area contributed by atoms with E-state index < -0.39 is 32.8 Å². The quantitative estimate of drug-likeness (QED) is 0.921. The molecule has 0 saturated carbocycles. The van der Waals surface area contributed by atoms with Crippen molar-refractivity contribution in [1.29, 1.82) is 0 Å². The first-order valence-electron chi connectivity index (χ1n) is 5.47. The Labute approximate surface area is 119 Å². The molecule has 0 fully saturated rings. The Morgan fingerprint density at radius 1 is 1.40 bits per heavy atom. The number of benzene rings is 1. The Hall–Kier alpha value is -0.830. The third kappa shape index (κ3) is 3.85. The number of likely N-dealkylation sites (N-methyl/N-ethyl adjacent to an activating group) is 1. The van der Waals surface area contributed by atoms with Gasteiger partial charge < -0.3 is 5.11 Å². The summed E-state index contributed by atoms with van der Waals surface area (Å²) in [5.74, 6) is 0. The fraction of sp³-hybridized carbons (Fsp3) is 0.455. The second kappa shape index (κ2) is 5.88. The van der Waals surface area contributed by atoms with E-state index in [1.165, 1.54) is 6.92 Å². The zero-order valence-electron chi connectivity index (χ0n) is 10.6. The van der Waals surface area contributed by atoms with E-state index in [4.69, 9.17) is 16.7 Å². The van der Waals surface area contributed by atoms with Crippen LogP contribution in [0.15, 0.2) is 23.1 Å². The molecule has 1 rings (SSSR count). The summed E-state index contributed by atoms with van der Waals surface area (Å²) in [5, 5.41) is 8.94. The smallest absolute Gasteiger partial charge is 0.392 e. The van der Waals surface area contributed by atoms with Crippen LogP contribution in [-0.2, 0) is 16.2 Å². The van der Waals surface area contributed by atoms with Gasteiger partial charge in [0.05, 0.1) is 16.6 Å². The lowest BCUT2D eigenvalue weighted by molar-refractivity contribution is -0.139. The third-order valence-corrected chi connectivity index (χ3v) is 4.57. The first-order valence-corrected chi connectivity index (χ1v) is 7.29. The first kappa shape index (κ1) is 17.2. The molecule has 0 amide bonds. The highest BCUT2D eigenvalue weighted by molar-refractivity contribution is 7.89. The van der Waals surface area contributed by atoms with E-state index in [2.05, 4.69) is 0 Å². The summed E-state index contributed by atoms with van der Waals surface area (Å²) in [6.07, 6.45) is -5.85. The van der Waals surface area contributed by atoms with Gasteiger partial charge in [-0.1, -0.05) is 11.6 Å². The largest absolute Gasteiger partial charge is 0.417 e. The molecule has 1 unspecified atom stereocenters. The van der Waals surface area contributed by atoms with Gasteiger partial charge >= 0.3 is 6.18 Å². The normalized spacial score (nSPS) is 14.6. The molecule has 114 valence electrons. The summed E-state index contributed by atoms with van der Waals surface area (Å²) in [6, 6.07) is 2.43. The van der Waals surface area contributed by atoms with Gasteiger partial charge in [0.1, 0.15) is 0 Å². The van der Waals surface area contributed by atoms with Crippen LogP contribution in [0.4, 0.5) is 13.2 Å². The minimum atomic E-state index is -4.85. The van der Waals surface area contributed by atoms with Crippen molar-refractivity contribution in [3.05, 3.63) is 28.8 Å². The number of halogens is 4. The molecule has 1 aromatic carbocycles. The lowest BCUT2D eigenvalue weighted by atomic mass is 10.2. The van der Waals surface area contributed by atoms with Crippen LogP contribution in [0.25, 0.3) is 0 Å². The van der Waals surface area contributed by atoms with E-state index in [1.54, 1.807) is 0 Å². The maximum Gasteiger partial charge on any atom is 0.417 e. The van der Waals surface area contributed by atoms with Crippen LogP contribution in [0.5, 0.6) is 0 Å². The molecule has 0 spiro atoms. The maximum atomic E-state index is 12.9. The van der Waals surface area contributed by atoms with Crippen molar-refractivity contribution in [1.82, 2.24) is 4.31 Å². The predicted octanol–water partition coefficient (Wildman–Crippen LogP) is 2.36. The van der Waals surface area contributed by atoms with Crippen LogP contribution in [0, 0.1) is 0 Å². The average molecular weight is 332 g/mol. The highest BCUT2D eigenvalue weighted by Crippen LogP contribution is 2.36. The lowest BCUT2D eigenvalue weighted by Gasteiger charge is -2.21. The number of alkyl halides is 3. The van der Waals surface area contributed by atoms with E-state index in [1.807, 2.05) is 0 Å². The second-order valence-corrected chi connectivity index (χ2v) is 6.72. The third-order valence-electron chi connectivity index (χ3n) is 2.46. The van der Waals surface area contributed by atoms with Gasteiger partial charge in [0.2, 0.25) is 10.0 Å². The van der Waals surface area contributed by atoms with E-state index in [9.17, 15) is 21.6 Å². The minimum absolute atomic E-state index is 0.213. The topological polar surface area (TPSA) is 57.6 Å². The van der Waals surface area contributed by atoms with Crippen LogP contribution in [0.3, 0.4) is 0 Å². The Kier molecular flexibility index (Phi) is 5.07. The van der Waals surface area contributed by atoms with Crippen molar-refractivity contribution in [2.45, 2.75) is 24.1 Å². The SMILES string of the molecule is CC(O)CN(C)S(=O)(=O)c1ccc(Cl)cc1C(F)(F)F. The van der Waals surface area contributed by atoms with Gasteiger partial charge in [-0.2, -0.15) is 17.5 Å². The monoisotopic (exact) mass is 331 g/mol. The predicted molar refractivity (Wildman–Crippen MR) is 68.0 cm³/mol. The molecule has 0 saturated heterocycles. The molecule has 1 aromatic rings. The number of hydrogen-bond acceptors (Lipinski definition) is 3. The van der Waals surface area contributed by atoms with Gasteiger partial charge in [-0.15, -0.1) is 0 Å². The summed E-state index contributed by atoms with van der Waals surface area (Å²) in [6.45, 7) is 1.01.